The minimum atomic E-state index is -4.48. The summed E-state index contributed by atoms with van der Waals surface area (Å²) in [6, 6.07) is 7.42. The number of carbonyl (C=O) groups is 1. The fourth-order valence-electron chi connectivity index (χ4n) is 1.83. The Hall–Kier alpha value is -3.17. The van der Waals surface area contributed by atoms with Gasteiger partial charge in [-0.25, -0.2) is 9.78 Å². The van der Waals surface area contributed by atoms with E-state index in [-0.39, 0.29) is 23.1 Å². The van der Waals surface area contributed by atoms with E-state index in [1.807, 2.05) is 13.8 Å². The van der Waals surface area contributed by atoms with Crippen LogP contribution in [-0.2, 0) is 11.0 Å². The van der Waals surface area contributed by atoms with E-state index in [0.29, 0.717) is 0 Å². The summed E-state index contributed by atoms with van der Waals surface area (Å²) < 4.78 is 38.4. The molecule has 0 saturated heterocycles. The van der Waals surface area contributed by atoms with Gasteiger partial charge in [0.25, 0.3) is 0 Å². The average molecular weight is 367 g/mol. The number of hydrogen-bond donors (Lipinski definition) is 2. The fraction of sp³-hybridized carbons (Fsp3) is 0.250. The molecule has 2 rings (SSSR count). The Kier molecular flexibility index (Phi) is 6.10. The van der Waals surface area contributed by atoms with Crippen LogP contribution in [0.3, 0.4) is 0 Å². The SMILES string of the molecule is CC(C)NN=NOC(=O)c1cccnc1Nc1cccc(C(F)(F)F)c1. The molecule has 1 aromatic heterocycles. The van der Waals surface area contributed by atoms with Gasteiger partial charge in [-0.3, -0.25) is 10.3 Å². The lowest BCUT2D eigenvalue weighted by Crippen LogP contribution is -2.15. The minimum Gasteiger partial charge on any atom is -0.340 e. The summed E-state index contributed by atoms with van der Waals surface area (Å²) in [5.74, 6) is -0.828. The number of rotatable bonds is 6. The highest BCUT2D eigenvalue weighted by atomic mass is 19.4. The van der Waals surface area contributed by atoms with Crippen molar-refractivity contribution < 1.29 is 22.8 Å². The van der Waals surface area contributed by atoms with Crippen molar-refractivity contribution in [2.45, 2.75) is 26.1 Å². The molecule has 26 heavy (non-hydrogen) atoms. The van der Waals surface area contributed by atoms with Gasteiger partial charge in [-0.1, -0.05) is 6.07 Å². The van der Waals surface area contributed by atoms with E-state index in [2.05, 4.69) is 31.1 Å². The molecule has 10 heteroatoms. The molecule has 1 aromatic carbocycles. The van der Waals surface area contributed by atoms with Gasteiger partial charge in [-0.15, -0.1) is 0 Å². The van der Waals surface area contributed by atoms with Gasteiger partial charge in [0.2, 0.25) is 0 Å². The molecule has 0 aliphatic heterocycles. The van der Waals surface area contributed by atoms with Crippen molar-refractivity contribution in [1.82, 2.24) is 10.4 Å². The standard InChI is InChI=1S/C16H16F3N5O2/c1-10(2)22-23-24-26-15(25)13-7-4-8-20-14(13)21-12-6-3-5-11(9-12)16(17,18)19/h3-10H,1-2H3,(H,20,21)(H,22,24). The van der Waals surface area contributed by atoms with Crippen LogP contribution in [0.25, 0.3) is 0 Å². The Morgan fingerprint density at radius 2 is 2.00 bits per heavy atom. The van der Waals surface area contributed by atoms with Crippen LogP contribution in [0, 0.1) is 0 Å². The molecule has 0 aliphatic rings. The number of benzene rings is 1. The van der Waals surface area contributed by atoms with Crippen molar-refractivity contribution in [2.24, 2.45) is 10.5 Å². The third-order valence-corrected chi connectivity index (χ3v) is 2.96. The van der Waals surface area contributed by atoms with Crippen LogP contribution >= 0.6 is 0 Å². The number of hydrogen-bond acceptors (Lipinski definition) is 6. The van der Waals surface area contributed by atoms with E-state index in [0.717, 1.165) is 12.1 Å². The number of anilines is 2. The Morgan fingerprint density at radius 1 is 1.23 bits per heavy atom. The van der Waals surface area contributed by atoms with Crippen LogP contribution in [0.5, 0.6) is 0 Å². The first-order valence-corrected chi connectivity index (χ1v) is 7.53. The maximum atomic E-state index is 12.8. The van der Waals surface area contributed by atoms with Gasteiger partial charge in [-0.05, 0) is 49.4 Å². The highest BCUT2D eigenvalue weighted by Crippen LogP contribution is 2.31. The number of nitrogens with one attached hydrogen (secondary N) is 2. The zero-order valence-corrected chi connectivity index (χ0v) is 13.9. The third kappa shape index (κ3) is 5.43. The first-order chi connectivity index (χ1) is 12.3. The molecule has 0 saturated carbocycles. The Balaban J connectivity index is 2.16. The number of carbonyl (C=O) groups excluding carboxylic acids is 1. The third-order valence-electron chi connectivity index (χ3n) is 2.96. The van der Waals surface area contributed by atoms with Crippen molar-refractivity contribution in [3.63, 3.8) is 0 Å². The first-order valence-electron chi connectivity index (χ1n) is 7.53. The smallest absolute Gasteiger partial charge is 0.340 e. The number of aromatic nitrogens is 1. The normalized spacial score (nSPS) is 11.6. The van der Waals surface area contributed by atoms with Gasteiger partial charge >= 0.3 is 12.1 Å². The topological polar surface area (TPSA) is 88.0 Å². The summed E-state index contributed by atoms with van der Waals surface area (Å²) in [5.41, 5.74) is 1.86. The van der Waals surface area contributed by atoms with Crippen LogP contribution < -0.4 is 10.7 Å². The highest BCUT2D eigenvalue weighted by molar-refractivity contribution is 5.95. The molecule has 0 radical (unpaired) electrons. The van der Waals surface area contributed by atoms with E-state index in [1.54, 1.807) is 0 Å². The maximum Gasteiger partial charge on any atom is 0.416 e. The first kappa shape index (κ1) is 19.2. The summed E-state index contributed by atoms with van der Waals surface area (Å²) in [4.78, 5) is 20.7. The molecule has 0 atom stereocenters. The van der Waals surface area contributed by atoms with Crippen LogP contribution in [0.2, 0.25) is 0 Å². The minimum absolute atomic E-state index is 0.00610. The number of nitrogens with zero attached hydrogens (tertiary/aromatic N) is 3. The monoisotopic (exact) mass is 367 g/mol. The second kappa shape index (κ2) is 8.28. The molecule has 0 unspecified atom stereocenters. The van der Waals surface area contributed by atoms with Crippen molar-refractivity contribution >= 4 is 17.5 Å². The zero-order valence-electron chi connectivity index (χ0n) is 13.9. The molecule has 7 nitrogen and oxygen atoms in total. The van der Waals surface area contributed by atoms with E-state index in [1.165, 1.54) is 30.5 Å². The predicted molar refractivity (Wildman–Crippen MR) is 87.5 cm³/mol. The van der Waals surface area contributed by atoms with E-state index < -0.39 is 17.7 Å². The summed E-state index contributed by atoms with van der Waals surface area (Å²) in [6.45, 7) is 3.64. The molecule has 138 valence electrons. The largest absolute Gasteiger partial charge is 0.416 e. The van der Waals surface area contributed by atoms with Gasteiger partial charge in [0, 0.05) is 17.9 Å². The summed E-state index contributed by atoms with van der Waals surface area (Å²) in [7, 11) is 0. The second-order valence-electron chi connectivity index (χ2n) is 5.45. The Morgan fingerprint density at radius 3 is 2.69 bits per heavy atom. The van der Waals surface area contributed by atoms with Crippen LogP contribution in [0.4, 0.5) is 24.7 Å². The van der Waals surface area contributed by atoms with Crippen LogP contribution in [0.15, 0.2) is 53.1 Å². The van der Waals surface area contributed by atoms with Crippen molar-refractivity contribution in [1.29, 1.82) is 0 Å². The number of alkyl halides is 3. The summed E-state index contributed by atoms with van der Waals surface area (Å²) in [6.07, 6.45) is -3.10. The zero-order chi connectivity index (χ0) is 19.2. The molecule has 0 aliphatic carbocycles. The van der Waals surface area contributed by atoms with Gasteiger partial charge < -0.3 is 5.32 Å². The van der Waals surface area contributed by atoms with Crippen molar-refractivity contribution in [2.75, 3.05) is 5.32 Å². The molecule has 0 bridgehead atoms. The molecule has 2 aromatic rings. The van der Waals surface area contributed by atoms with E-state index >= 15 is 0 Å². The Labute approximate surface area is 147 Å². The molecule has 0 spiro atoms. The summed E-state index contributed by atoms with van der Waals surface area (Å²) in [5, 5.41) is 9.37. The average Bonchev–Trinajstić information content (AvgIpc) is 2.58. The van der Waals surface area contributed by atoms with Crippen LogP contribution in [-0.4, -0.2) is 17.0 Å². The molecule has 2 N–H and O–H groups in total. The van der Waals surface area contributed by atoms with Gasteiger partial charge in [0.05, 0.1) is 10.8 Å². The van der Waals surface area contributed by atoms with Gasteiger partial charge in [0.15, 0.2) is 0 Å². The predicted octanol–water partition coefficient (Wildman–Crippen LogP) is 4.28. The maximum absolute atomic E-state index is 12.8. The van der Waals surface area contributed by atoms with Gasteiger partial charge in [0.1, 0.15) is 11.4 Å². The number of pyridine rings is 1. The van der Waals surface area contributed by atoms with Crippen molar-refractivity contribution in [3.8, 4) is 0 Å². The molecular weight excluding hydrogens is 351 g/mol. The molecule has 0 fully saturated rings. The van der Waals surface area contributed by atoms with Gasteiger partial charge in [-0.2, -0.15) is 13.2 Å². The van der Waals surface area contributed by atoms with Crippen molar-refractivity contribution in [3.05, 3.63) is 53.7 Å². The second-order valence-corrected chi connectivity index (χ2v) is 5.45. The molecule has 1 heterocycles. The quantitative estimate of drug-likeness (QED) is 0.588. The van der Waals surface area contributed by atoms with Crippen LogP contribution in [0.1, 0.15) is 29.8 Å². The van der Waals surface area contributed by atoms with E-state index in [4.69, 9.17) is 0 Å². The fourth-order valence-corrected chi connectivity index (χ4v) is 1.83. The summed E-state index contributed by atoms with van der Waals surface area (Å²) >= 11 is 0. The lowest BCUT2D eigenvalue weighted by Gasteiger charge is -2.11. The lowest BCUT2D eigenvalue weighted by molar-refractivity contribution is -0.137. The highest BCUT2D eigenvalue weighted by Gasteiger charge is 2.30. The molecular formula is C16H16F3N5O2. The number of halogens is 3. The lowest BCUT2D eigenvalue weighted by atomic mass is 10.2. The van der Waals surface area contributed by atoms with E-state index in [9.17, 15) is 18.0 Å². The Bertz CT molecular complexity index is 793. The molecule has 0 amide bonds.